The van der Waals surface area contributed by atoms with Crippen molar-refractivity contribution in [3.05, 3.63) is 103 Å². The lowest BCUT2D eigenvalue weighted by molar-refractivity contribution is 0.0525. The molecule has 12 heteroatoms. The number of carbonyl (C=O) groups excluding carboxylic acids is 1. The van der Waals surface area contributed by atoms with Gasteiger partial charge in [0.1, 0.15) is 11.4 Å². The first-order valence-corrected chi connectivity index (χ1v) is 16.6. The van der Waals surface area contributed by atoms with E-state index in [1.54, 1.807) is 51.1 Å². The van der Waals surface area contributed by atoms with Crippen molar-refractivity contribution in [2.24, 2.45) is 0 Å². The van der Waals surface area contributed by atoms with Gasteiger partial charge in [0.05, 0.1) is 29.8 Å². The Hall–Kier alpha value is -5.36. The van der Waals surface area contributed by atoms with Crippen LogP contribution < -0.4 is 24.2 Å². The largest absolute Gasteiger partial charge is 0.493 e. The fourth-order valence-electron chi connectivity index (χ4n) is 4.70. The molecule has 0 radical (unpaired) electrons. The van der Waals surface area contributed by atoms with E-state index in [9.17, 15) is 13.2 Å². The lowest BCUT2D eigenvalue weighted by Gasteiger charge is -2.19. The third-order valence-electron chi connectivity index (χ3n) is 6.89. The predicted molar refractivity (Wildman–Crippen MR) is 182 cm³/mol. The maximum Gasteiger partial charge on any atom is 0.407 e. The predicted octanol–water partition coefficient (Wildman–Crippen LogP) is 7.94. The first-order valence-electron chi connectivity index (χ1n) is 15.1. The van der Waals surface area contributed by atoms with E-state index in [2.05, 4.69) is 15.0 Å². The fourth-order valence-corrected chi connectivity index (χ4v) is 5.80. The highest BCUT2D eigenvalue weighted by atomic mass is 32.2. The topological polar surface area (TPSA) is 125 Å². The van der Waals surface area contributed by atoms with Crippen LogP contribution in [0, 0.1) is 5.82 Å². The minimum Gasteiger partial charge on any atom is -0.493 e. The van der Waals surface area contributed by atoms with Crippen LogP contribution in [0.5, 0.6) is 23.0 Å². The number of rotatable bonds is 12. The average molecular weight is 674 g/mol. The van der Waals surface area contributed by atoms with E-state index < -0.39 is 27.5 Å². The summed E-state index contributed by atoms with van der Waals surface area (Å²) >= 11 is 0. The number of hydrogen-bond acceptors (Lipinski definition) is 8. The lowest BCUT2D eigenvalue weighted by Crippen LogP contribution is -2.33. The summed E-state index contributed by atoms with van der Waals surface area (Å²) in [6, 6.07) is 24.7. The van der Waals surface area contributed by atoms with Crippen LogP contribution in [0.1, 0.15) is 27.2 Å². The number of sulfonamides is 1. The lowest BCUT2D eigenvalue weighted by atomic mass is 10.1. The van der Waals surface area contributed by atoms with E-state index in [1.807, 2.05) is 36.4 Å². The van der Waals surface area contributed by atoms with E-state index in [-0.39, 0.29) is 22.9 Å². The van der Waals surface area contributed by atoms with Crippen LogP contribution >= 0.6 is 0 Å². The molecule has 0 aliphatic heterocycles. The SMILES string of the molecule is COc1cc2c(Oc3ccc(NS(=O)(=O)c4cccc(-c5ccccc5)c4)cc3F)ccnc2cc1OCCCNC(=O)OC(C)(C)C. The third kappa shape index (κ3) is 8.71. The Labute approximate surface area is 278 Å². The van der Waals surface area contributed by atoms with Crippen LogP contribution in [-0.4, -0.2) is 45.4 Å². The Morgan fingerprint density at radius 3 is 2.35 bits per heavy atom. The number of amides is 1. The van der Waals surface area contributed by atoms with Gasteiger partial charge in [-0.2, -0.15) is 0 Å². The molecule has 2 N–H and O–H groups in total. The van der Waals surface area contributed by atoms with Crippen LogP contribution in [0.15, 0.2) is 102 Å². The molecule has 0 atom stereocenters. The molecule has 0 aliphatic rings. The minimum atomic E-state index is -4.01. The van der Waals surface area contributed by atoms with Crippen LogP contribution in [0.4, 0.5) is 14.9 Å². The number of pyridine rings is 1. The molecule has 0 saturated heterocycles. The van der Waals surface area contributed by atoms with E-state index >= 15 is 4.39 Å². The number of nitrogens with zero attached hydrogens (tertiary/aromatic N) is 1. The van der Waals surface area contributed by atoms with Gasteiger partial charge in [-0.05, 0) is 74.7 Å². The Balaban J connectivity index is 1.26. The van der Waals surface area contributed by atoms with Gasteiger partial charge < -0.3 is 24.3 Å². The second-order valence-electron chi connectivity index (χ2n) is 11.7. The molecule has 4 aromatic carbocycles. The smallest absolute Gasteiger partial charge is 0.407 e. The zero-order valence-electron chi connectivity index (χ0n) is 27.0. The highest BCUT2D eigenvalue weighted by Crippen LogP contribution is 2.38. The summed E-state index contributed by atoms with van der Waals surface area (Å²) in [7, 11) is -2.52. The normalized spacial score (nSPS) is 11.5. The van der Waals surface area contributed by atoms with Crippen molar-refractivity contribution >= 4 is 32.7 Å². The summed E-state index contributed by atoms with van der Waals surface area (Å²) < 4.78 is 66.6. The van der Waals surface area contributed by atoms with Crippen molar-refractivity contribution in [3.63, 3.8) is 0 Å². The van der Waals surface area contributed by atoms with Crippen LogP contribution in [0.25, 0.3) is 22.0 Å². The Morgan fingerprint density at radius 1 is 0.854 bits per heavy atom. The zero-order chi connectivity index (χ0) is 34.3. The van der Waals surface area contributed by atoms with Gasteiger partial charge in [0.25, 0.3) is 10.0 Å². The molecule has 0 saturated carbocycles. The number of nitrogens with one attached hydrogen (secondary N) is 2. The minimum absolute atomic E-state index is 0.0364. The number of benzene rings is 4. The van der Waals surface area contributed by atoms with Gasteiger partial charge in [-0.1, -0.05) is 42.5 Å². The van der Waals surface area contributed by atoms with E-state index in [0.717, 1.165) is 17.2 Å². The molecule has 0 bridgehead atoms. The van der Waals surface area contributed by atoms with Gasteiger partial charge in [-0.3, -0.25) is 9.71 Å². The van der Waals surface area contributed by atoms with Crippen molar-refractivity contribution in [3.8, 4) is 34.1 Å². The van der Waals surface area contributed by atoms with Gasteiger partial charge in [0, 0.05) is 30.3 Å². The van der Waals surface area contributed by atoms with Gasteiger partial charge >= 0.3 is 6.09 Å². The highest BCUT2D eigenvalue weighted by Gasteiger charge is 2.19. The van der Waals surface area contributed by atoms with Gasteiger partial charge in [-0.15, -0.1) is 0 Å². The van der Waals surface area contributed by atoms with Crippen molar-refractivity contribution in [1.82, 2.24) is 10.3 Å². The number of methoxy groups -OCH3 is 1. The molecule has 5 rings (SSSR count). The summed E-state index contributed by atoms with van der Waals surface area (Å²) in [4.78, 5) is 16.3. The van der Waals surface area contributed by atoms with E-state index in [4.69, 9.17) is 18.9 Å². The Kier molecular flexibility index (Phi) is 10.3. The first-order chi connectivity index (χ1) is 22.9. The molecule has 48 heavy (non-hydrogen) atoms. The maximum absolute atomic E-state index is 15.3. The number of ether oxygens (including phenoxy) is 4. The number of carbonyl (C=O) groups is 1. The molecule has 1 aromatic heterocycles. The number of alkyl carbamates (subject to hydrolysis) is 1. The monoisotopic (exact) mass is 673 g/mol. The quantitative estimate of drug-likeness (QED) is 0.128. The van der Waals surface area contributed by atoms with Crippen LogP contribution in [0.3, 0.4) is 0 Å². The number of fused-ring (bicyclic) bond motifs is 1. The second kappa shape index (κ2) is 14.6. The summed E-state index contributed by atoms with van der Waals surface area (Å²) in [5, 5.41) is 3.22. The average Bonchev–Trinajstić information content (AvgIpc) is 3.05. The number of hydrogen-bond donors (Lipinski definition) is 2. The molecular weight excluding hydrogens is 637 g/mol. The summed E-state index contributed by atoms with van der Waals surface area (Å²) in [6.45, 7) is 6.01. The standard InChI is InChI=1S/C36H36FN3O7S/c1-36(2,3)47-35(41)39-17-9-19-45-34-23-30-28(22-33(34)44-4)31(16-18-38-30)46-32-15-14-26(21-29(32)37)40-48(42,43)27-13-8-12-25(20-27)24-10-6-5-7-11-24/h5-8,10-16,18,20-23,40H,9,17,19H2,1-4H3,(H,39,41). The van der Waals surface area contributed by atoms with Crippen molar-refractivity contribution in [1.29, 1.82) is 0 Å². The molecular formula is C36H36FN3O7S. The summed E-state index contributed by atoms with van der Waals surface area (Å²) in [5.41, 5.74) is 1.57. The summed E-state index contributed by atoms with van der Waals surface area (Å²) in [6.07, 6.45) is 1.53. The van der Waals surface area contributed by atoms with E-state index in [0.29, 0.717) is 41.1 Å². The van der Waals surface area contributed by atoms with Gasteiger partial charge in [-0.25, -0.2) is 17.6 Å². The number of anilines is 1. The van der Waals surface area contributed by atoms with Crippen molar-refractivity contribution in [2.75, 3.05) is 25.0 Å². The second-order valence-corrected chi connectivity index (χ2v) is 13.4. The molecule has 10 nitrogen and oxygen atoms in total. The molecule has 1 amide bonds. The van der Waals surface area contributed by atoms with Crippen LogP contribution in [-0.2, 0) is 14.8 Å². The maximum atomic E-state index is 15.3. The number of aromatic nitrogens is 1. The molecule has 250 valence electrons. The molecule has 0 unspecified atom stereocenters. The van der Waals surface area contributed by atoms with Crippen molar-refractivity contribution < 1.29 is 36.6 Å². The molecule has 0 fully saturated rings. The molecule has 5 aromatic rings. The Morgan fingerprint density at radius 2 is 1.62 bits per heavy atom. The zero-order valence-corrected chi connectivity index (χ0v) is 27.8. The number of halogens is 1. The van der Waals surface area contributed by atoms with E-state index in [1.165, 1.54) is 31.5 Å². The molecule has 0 aliphatic carbocycles. The molecule has 1 heterocycles. The highest BCUT2D eigenvalue weighted by molar-refractivity contribution is 7.92. The summed E-state index contributed by atoms with van der Waals surface area (Å²) in [5.74, 6) is 0.251. The first kappa shape index (κ1) is 34.0. The third-order valence-corrected chi connectivity index (χ3v) is 8.27. The molecule has 0 spiro atoms. The van der Waals surface area contributed by atoms with Gasteiger partial charge in [0.15, 0.2) is 23.1 Å². The fraction of sp³-hybridized carbons (Fsp3) is 0.222. The van der Waals surface area contributed by atoms with Gasteiger partial charge in [0.2, 0.25) is 0 Å². The van der Waals surface area contributed by atoms with Crippen LogP contribution in [0.2, 0.25) is 0 Å². The van der Waals surface area contributed by atoms with Crippen molar-refractivity contribution in [2.45, 2.75) is 37.7 Å². The Bertz CT molecular complexity index is 2020.